The van der Waals surface area contributed by atoms with Gasteiger partial charge in [0.25, 0.3) is 0 Å². The quantitative estimate of drug-likeness (QED) is 0.239. The molecule has 0 unspecified atom stereocenters. The summed E-state index contributed by atoms with van der Waals surface area (Å²) in [6.07, 6.45) is 1.66. The molecule has 0 fully saturated rings. The second-order valence-electron chi connectivity index (χ2n) is 9.69. The summed E-state index contributed by atoms with van der Waals surface area (Å²) in [5.74, 6) is -0.573. The van der Waals surface area contributed by atoms with Crippen molar-refractivity contribution in [1.82, 2.24) is 10.2 Å². The Labute approximate surface area is 257 Å². The predicted molar refractivity (Wildman–Crippen MR) is 167 cm³/mol. The average molecular weight is 639 g/mol. The number of hydrogen-bond acceptors (Lipinski definition) is 4. The van der Waals surface area contributed by atoms with E-state index in [0.717, 1.165) is 11.8 Å². The number of carbonyl (C=O) groups excluding carboxylic acids is 2. The Balaban J connectivity index is 1.90. The maximum atomic E-state index is 13.8. The van der Waals surface area contributed by atoms with Gasteiger partial charge in [0.15, 0.2) is 0 Å². The number of hydrogen-bond donors (Lipinski definition) is 1. The van der Waals surface area contributed by atoms with Gasteiger partial charge in [-0.2, -0.15) is 0 Å². The zero-order chi connectivity index (χ0) is 30.2. The van der Waals surface area contributed by atoms with E-state index in [1.807, 2.05) is 37.3 Å². The molecule has 3 aromatic rings. The maximum absolute atomic E-state index is 13.8. The van der Waals surface area contributed by atoms with Gasteiger partial charge in [-0.1, -0.05) is 77.3 Å². The first-order chi connectivity index (χ1) is 19.4. The Morgan fingerprint density at radius 3 is 2.24 bits per heavy atom. The number of carbonyl (C=O) groups is 2. The number of sulfonamides is 1. The van der Waals surface area contributed by atoms with Gasteiger partial charge in [-0.3, -0.25) is 13.9 Å². The number of nitrogens with zero attached hydrogens (tertiary/aromatic N) is 2. The smallest absolute Gasteiger partial charge is 0.243 e. The average Bonchev–Trinajstić information content (AvgIpc) is 2.92. The lowest BCUT2D eigenvalue weighted by molar-refractivity contribution is -0.141. The van der Waals surface area contributed by atoms with Crippen LogP contribution >= 0.6 is 34.8 Å². The van der Waals surface area contributed by atoms with Crippen molar-refractivity contribution in [3.05, 3.63) is 98.5 Å². The summed E-state index contributed by atoms with van der Waals surface area (Å²) in [4.78, 5) is 28.7. The number of amides is 2. The largest absolute Gasteiger partial charge is 0.355 e. The molecule has 7 nitrogen and oxygen atoms in total. The first-order valence-electron chi connectivity index (χ1n) is 13.2. The molecule has 3 aromatic carbocycles. The summed E-state index contributed by atoms with van der Waals surface area (Å²) in [5, 5.41) is 4.03. The predicted octanol–water partition coefficient (Wildman–Crippen LogP) is 6.28. The van der Waals surface area contributed by atoms with Gasteiger partial charge in [0, 0.05) is 37.5 Å². The zero-order valence-corrected chi connectivity index (χ0v) is 26.3. The first-order valence-corrected chi connectivity index (χ1v) is 16.2. The Morgan fingerprint density at radius 1 is 0.902 bits per heavy atom. The Morgan fingerprint density at radius 2 is 1.61 bits per heavy atom. The van der Waals surface area contributed by atoms with Crippen LogP contribution in [-0.2, 0) is 32.6 Å². The van der Waals surface area contributed by atoms with E-state index in [4.69, 9.17) is 34.8 Å². The third-order valence-corrected chi connectivity index (χ3v) is 8.95. The molecule has 220 valence electrons. The molecule has 0 saturated heterocycles. The molecule has 3 rings (SSSR count). The molecule has 2 amide bonds. The molecule has 0 saturated carbocycles. The molecule has 0 aliphatic rings. The summed E-state index contributed by atoms with van der Waals surface area (Å²) < 4.78 is 26.6. The Kier molecular flexibility index (Phi) is 11.9. The van der Waals surface area contributed by atoms with Gasteiger partial charge in [0.2, 0.25) is 21.8 Å². The van der Waals surface area contributed by atoms with E-state index in [0.29, 0.717) is 44.8 Å². The SMILES string of the molecule is CCNC(=O)[C@H](Cc1ccccc1)N(Cc1ccc(Cl)c(Cl)c1)C(=O)CCCN(c1cccc(Cl)c1C)S(C)(=O)=O. The van der Waals surface area contributed by atoms with Crippen molar-refractivity contribution in [1.29, 1.82) is 0 Å². The van der Waals surface area contributed by atoms with Crippen LogP contribution in [0.25, 0.3) is 0 Å². The van der Waals surface area contributed by atoms with Crippen LogP contribution < -0.4 is 9.62 Å². The number of halogens is 3. The van der Waals surface area contributed by atoms with Crippen LogP contribution in [0.15, 0.2) is 66.7 Å². The maximum Gasteiger partial charge on any atom is 0.243 e. The molecule has 0 aromatic heterocycles. The van der Waals surface area contributed by atoms with Crippen molar-refractivity contribution in [2.75, 3.05) is 23.7 Å². The van der Waals surface area contributed by atoms with Crippen LogP contribution in [0, 0.1) is 6.92 Å². The molecule has 0 heterocycles. The van der Waals surface area contributed by atoms with E-state index in [9.17, 15) is 18.0 Å². The highest BCUT2D eigenvalue weighted by molar-refractivity contribution is 7.92. The number of anilines is 1. The van der Waals surface area contributed by atoms with Crippen LogP contribution in [0.3, 0.4) is 0 Å². The van der Waals surface area contributed by atoms with Crippen molar-refractivity contribution in [3.63, 3.8) is 0 Å². The molecule has 0 bridgehead atoms. The van der Waals surface area contributed by atoms with Gasteiger partial charge in [0.05, 0.1) is 22.0 Å². The number of benzene rings is 3. The zero-order valence-electron chi connectivity index (χ0n) is 23.2. The topological polar surface area (TPSA) is 86.8 Å². The number of likely N-dealkylation sites (N-methyl/N-ethyl adjacent to an activating group) is 1. The van der Waals surface area contributed by atoms with Gasteiger partial charge in [0.1, 0.15) is 6.04 Å². The second-order valence-corrected chi connectivity index (χ2v) is 12.8. The van der Waals surface area contributed by atoms with Gasteiger partial charge >= 0.3 is 0 Å². The van der Waals surface area contributed by atoms with E-state index in [2.05, 4.69) is 5.32 Å². The van der Waals surface area contributed by atoms with Gasteiger partial charge in [-0.25, -0.2) is 8.42 Å². The van der Waals surface area contributed by atoms with Crippen LogP contribution in [0.5, 0.6) is 0 Å². The lowest BCUT2D eigenvalue weighted by atomic mass is 10.0. The third-order valence-electron chi connectivity index (χ3n) is 6.62. The summed E-state index contributed by atoms with van der Waals surface area (Å²) in [6, 6.07) is 18.8. The molecule has 0 aliphatic heterocycles. The van der Waals surface area contributed by atoms with E-state index >= 15 is 0 Å². The van der Waals surface area contributed by atoms with Gasteiger partial charge in [-0.15, -0.1) is 0 Å². The monoisotopic (exact) mass is 637 g/mol. The molecular formula is C30H34Cl3N3O4S. The molecule has 1 atom stereocenters. The molecule has 41 heavy (non-hydrogen) atoms. The molecule has 1 N–H and O–H groups in total. The number of rotatable bonds is 13. The van der Waals surface area contributed by atoms with Crippen LogP contribution in [-0.4, -0.2) is 50.5 Å². The first kappa shape index (κ1) is 32.7. The van der Waals surface area contributed by atoms with E-state index in [1.165, 1.54) is 9.21 Å². The van der Waals surface area contributed by atoms with E-state index in [-0.39, 0.29) is 37.7 Å². The number of nitrogens with one attached hydrogen (secondary N) is 1. The second kappa shape index (κ2) is 14.9. The summed E-state index contributed by atoms with van der Waals surface area (Å²) in [6.45, 7) is 4.16. The fourth-order valence-corrected chi connectivity index (χ4v) is 6.04. The van der Waals surface area contributed by atoms with Crippen LogP contribution in [0.2, 0.25) is 15.1 Å². The molecule has 0 aliphatic carbocycles. The Hall–Kier alpha value is -2.78. The standard InChI is InChI=1S/C30H34Cl3N3O4S/c1-4-34-30(38)28(19-22-10-6-5-7-11-22)35(20-23-15-16-25(32)26(33)18-23)29(37)14-9-17-36(41(3,39)40)27-13-8-12-24(31)21(27)2/h5-8,10-13,15-16,18,28H,4,9,14,17,19-20H2,1-3H3,(H,34,38)/t28-/m0/s1. The van der Waals surface area contributed by atoms with Crippen LogP contribution in [0.4, 0.5) is 5.69 Å². The molecule has 11 heteroatoms. The lowest BCUT2D eigenvalue weighted by Crippen LogP contribution is -2.50. The van der Waals surface area contributed by atoms with Gasteiger partial charge < -0.3 is 10.2 Å². The van der Waals surface area contributed by atoms with Crippen LogP contribution in [0.1, 0.15) is 36.5 Å². The summed E-state index contributed by atoms with van der Waals surface area (Å²) >= 11 is 18.6. The van der Waals surface area contributed by atoms with Crippen molar-refractivity contribution in [2.45, 2.75) is 45.7 Å². The lowest BCUT2D eigenvalue weighted by Gasteiger charge is -2.32. The highest BCUT2D eigenvalue weighted by Crippen LogP contribution is 2.29. The van der Waals surface area contributed by atoms with E-state index < -0.39 is 16.1 Å². The highest BCUT2D eigenvalue weighted by atomic mass is 35.5. The van der Waals surface area contributed by atoms with E-state index in [1.54, 1.807) is 43.3 Å². The Bertz CT molecular complexity index is 1470. The fourth-order valence-electron chi connectivity index (χ4n) is 4.53. The fraction of sp³-hybridized carbons (Fsp3) is 0.333. The normalized spacial score (nSPS) is 12.0. The van der Waals surface area contributed by atoms with Gasteiger partial charge in [-0.05, 0) is 61.2 Å². The third kappa shape index (κ3) is 9.10. The minimum absolute atomic E-state index is 0.0116. The minimum Gasteiger partial charge on any atom is -0.355 e. The van der Waals surface area contributed by atoms with Crippen molar-refractivity contribution >= 4 is 62.3 Å². The minimum atomic E-state index is -3.65. The highest BCUT2D eigenvalue weighted by Gasteiger charge is 2.30. The summed E-state index contributed by atoms with van der Waals surface area (Å²) in [5.41, 5.74) is 2.70. The summed E-state index contributed by atoms with van der Waals surface area (Å²) in [7, 11) is -3.65. The van der Waals surface area contributed by atoms with Crippen molar-refractivity contribution in [2.24, 2.45) is 0 Å². The molecular weight excluding hydrogens is 605 g/mol. The molecule has 0 radical (unpaired) electrons. The van der Waals surface area contributed by atoms with Crippen molar-refractivity contribution < 1.29 is 18.0 Å². The molecule has 0 spiro atoms. The van der Waals surface area contributed by atoms with Crippen molar-refractivity contribution in [3.8, 4) is 0 Å².